The van der Waals surface area contributed by atoms with Gasteiger partial charge in [0.2, 0.25) is 5.91 Å². The van der Waals surface area contributed by atoms with E-state index in [0.29, 0.717) is 0 Å². The summed E-state index contributed by atoms with van der Waals surface area (Å²) < 4.78 is 61.8. The third-order valence-corrected chi connectivity index (χ3v) is 13.6. The Balaban J connectivity index is 2.07. The van der Waals surface area contributed by atoms with E-state index >= 15 is 0 Å². The zero-order chi connectivity index (χ0) is 29.3. The normalized spacial score (nSPS) is 28.2. The molecule has 1 N–H and O–H groups in total. The molecule has 2 heterocycles. The number of hydrogen-bond acceptors (Lipinski definition) is 4. The Kier molecular flexibility index (Phi) is 7.54. The van der Waals surface area contributed by atoms with E-state index in [0.717, 1.165) is 9.80 Å². The van der Waals surface area contributed by atoms with Gasteiger partial charge >= 0.3 is 18.2 Å². The lowest BCUT2D eigenvalue weighted by atomic mass is 9.70. The first-order valence-electron chi connectivity index (χ1n) is 13.0. The molecule has 3 amide bonds. The average Bonchev–Trinajstić information content (AvgIpc) is 3.40. The Labute approximate surface area is 222 Å². The molecule has 1 spiro atoms. The molecule has 0 bridgehead atoms. The van der Waals surface area contributed by atoms with Crippen LogP contribution in [0.2, 0.25) is 18.1 Å². The van der Waals surface area contributed by atoms with Crippen LogP contribution in [0.5, 0.6) is 0 Å². The molecule has 0 radical (unpaired) electrons. The quantitative estimate of drug-likeness (QED) is 0.395. The number of hydrogen-bond donors (Lipinski definition) is 1. The van der Waals surface area contributed by atoms with Crippen LogP contribution in [0.1, 0.15) is 60.8 Å². The maximum atomic E-state index is 14.8. The van der Waals surface area contributed by atoms with Gasteiger partial charge in [0.25, 0.3) is 0 Å². The van der Waals surface area contributed by atoms with Crippen LogP contribution < -0.4 is 0 Å². The second-order valence-electron chi connectivity index (χ2n) is 13.6. The van der Waals surface area contributed by atoms with E-state index in [4.69, 9.17) is 4.43 Å². The number of nitrogens with zero attached hydrogens (tertiary/aromatic N) is 3. The summed E-state index contributed by atoms with van der Waals surface area (Å²) in [4.78, 5) is 42.2. The van der Waals surface area contributed by atoms with Gasteiger partial charge in [0, 0.05) is 19.5 Å². The maximum Gasteiger partial charge on any atom is 0.471 e. The number of likely N-dealkylation sites (tertiary alicyclic amines) is 1. The summed E-state index contributed by atoms with van der Waals surface area (Å²) >= 11 is 0. The van der Waals surface area contributed by atoms with Crippen LogP contribution in [0.3, 0.4) is 0 Å². The van der Waals surface area contributed by atoms with E-state index in [1.54, 1.807) is 20.8 Å². The van der Waals surface area contributed by atoms with E-state index in [2.05, 4.69) is 0 Å². The lowest BCUT2D eigenvalue weighted by Crippen LogP contribution is -2.72. The zero-order valence-electron chi connectivity index (χ0n) is 23.5. The second-order valence-corrected chi connectivity index (χ2v) is 18.4. The van der Waals surface area contributed by atoms with Gasteiger partial charge in [-0.15, -0.1) is 0 Å². The highest BCUT2D eigenvalue weighted by Crippen LogP contribution is 2.51. The van der Waals surface area contributed by atoms with E-state index in [1.807, 2.05) is 33.9 Å². The molecule has 3 fully saturated rings. The molecule has 38 heavy (non-hydrogen) atoms. The smallest absolute Gasteiger partial charge is 0.465 e. The Morgan fingerprint density at radius 1 is 1.00 bits per heavy atom. The van der Waals surface area contributed by atoms with Gasteiger partial charge < -0.3 is 19.3 Å². The molecule has 3 aliphatic rings. The lowest BCUT2D eigenvalue weighted by Gasteiger charge is -2.53. The fourth-order valence-corrected chi connectivity index (χ4v) is 6.56. The number of halogens is 4. The fourth-order valence-electron chi connectivity index (χ4n) is 5.52. The van der Waals surface area contributed by atoms with Gasteiger partial charge in [-0.05, 0) is 36.4 Å². The van der Waals surface area contributed by atoms with Gasteiger partial charge in [0.1, 0.15) is 11.7 Å². The van der Waals surface area contributed by atoms with E-state index < -0.39 is 74.2 Å². The van der Waals surface area contributed by atoms with Crippen LogP contribution in [-0.2, 0) is 14.0 Å². The average molecular weight is 568 g/mol. The number of rotatable bonds is 4. The minimum absolute atomic E-state index is 0.119. The molecule has 0 aromatic heterocycles. The molecule has 0 aromatic carbocycles. The van der Waals surface area contributed by atoms with Crippen LogP contribution in [0.15, 0.2) is 0 Å². The summed E-state index contributed by atoms with van der Waals surface area (Å²) in [6, 6.07) is -0.956. The van der Waals surface area contributed by atoms with E-state index in [-0.39, 0.29) is 37.5 Å². The Morgan fingerprint density at radius 3 is 1.97 bits per heavy atom. The minimum Gasteiger partial charge on any atom is -0.465 e. The fraction of sp³-hybridized carbons (Fsp3) is 0.880. The highest BCUT2D eigenvalue weighted by molar-refractivity contribution is 6.74. The molecule has 3 atom stereocenters. The molecule has 8 nitrogen and oxygen atoms in total. The van der Waals surface area contributed by atoms with Crippen molar-refractivity contribution < 1.29 is 41.5 Å². The van der Waals surface area contributed by atoms with Gasteiger partial charge in [0.15, 0.2) is 8.32 Å². The zero-order valence-corrected chi connectivity index (χ0v) is 24.5. The summed E-state index contributed by atoms with van der Waals surface area (Å²) in [5.74, 6) is -2.61. The van der Waals surface area contributed by atoms with Crippen LogP contribution in [-0.4, -0.2) is 102 Å². The van der Waals surface area contributed by atoms with Crippen molar-refractivity contribution in [3.63, 3.8) is 0 Å². The van der Waals surface area contributed by atoms with Crippen LogP contribution in [0, 0.1) is 5.41 Å². The maximum absolute atomic E-state index is 14.8. The van der Waals surface area contributed by atoms with Crippen molar-refractivity contribution in [2.24, 2.45) is 5.41 Å². The highest BCUT2D eigenvalue weighted by atomic mass is 28.4. The third kappa shape index (κ3) is 5.16. The molecule has 0 unspecified atom stereocenters. The lowest BCUT2D eigenvalue weighted by molar-refractivity contribution is -0.195. The first-order valence-corrected chi connectivity index (χ1v) is 15.9. The molecule has 218 valence electrons. The number of carbonyl (C=O) groups is 3. The van der Waals surface area contributed by atoms with Crippen LogP contribution in [0.25, 0.3) is 0 Å². The summed E-state index contributed by atoms with van der Waals surface area (Å²) in [5.41, 5.74) is -3.97. The van der Waals surface area contributed by atoms with Crippen molar-refractivity contribution in [3.8, 4) is 0 Å². The minimum atomic E-state index is -5.08. The van der Waals surface area contributed by atoms with Crippen molar-refractivity contribution in [1.82, 2.24) is 14.7 Å². The second kappa shape index (κ2) is 9.35. The molecule has 0 aromatic rings. The molecular formula is C25H41F4N3O5Si. The molecule has 2 saturated heterocycles. The molecular weight excluding hydrogens is 526 g/mol. The SMILES string of the molecule is CC(C)(C)[C@]1(C(=O)N2CC3(CC3)N(C(=O)C(F)(F)F)C[C@@H]2CO[Si](C)(C)C(C)(C)C)C[C@@H](F)CN1C(=O)O. The van der Waals surface area contributed by atoms with Crippen molar-refractivity contribution in [2.75, 3.05) is 26.2 Å². The van der Waals surface area contributed by atoms with Crippen molar-refractivity contribution in [3.05, 3.63) is 0 Å². The largest absolute Gasteiger partial charge is 0.471 e. The highest BCUT2D eigenvalue weighted by Gasteiger charge is 2.66. The Morgan fingerprint density at radius 2 is 1.55 bits per heavy atom. The summed E-state index contributed by atoms with van der Waals surface area (Å²) in [7, 11) is -2.42. The molecule has 1 aliphatic carbocycles. The standard InChI is InChI=1S/C25H41F4N3O5Si/c1-21(2,3)24(11-16(26)12-32(24)20(35)36)18(33)30-15-23(9-10-23)31(19(34)25(27,28)29)13-17(30)14-37-38(7,8)22(4,5)6/h16-17H,9-15H2,1-8H3,(H,35,36)/t16-,17-,24-/m1/s1. The molecule has 2 aliphatic heterocycles. The Bertz CT molecular complexity index is 974. The predicted octanol–water partition coefficient (Wildman–Crippen LogP) is 4.65. The topological polar surface area (TPSA) is 90.4 Å². The van der Waals surface area contributed by atoms with Gasteiger partial charge in [0.05, 0.1) is 24.7 Å². The molecule has 1 saturated carbocycles. The summed E-state index contributed by atoms with van der Waals surface area (Å²) in [6.07, 6.45) is -7.87. The molecule has 13 heteroatoms. The Hall–Kier alpha value is -1.89. The van der Waals surface area contributed by atoms with Gasteiger partial charge in [-0.3, -0.25) is 14.5 Å². The van der Waals surface area contributed by atoms with Gasteiger partial charge in [-0.25, -0.2) is 9.18 Å². The van der Waals surface area contributed by atoms with Crippen LogP contribution >= 0.6 is 0 Å². The number of amides is 3. The first kappa shape index (κ1) is 30.6. The predicted molar refractivity (Wildman–Crippen MR) is 135 cm³/mol. The van der Waals surface area contributed by atoms with E-state index in [1.165, 1.54) is 4.90 Å². The monoisotopic (exact) mass is 567 g/mol. The third-order valence-electron chi connectivity index (χ3n) is 9.07. The number of carbonyl (C=O) groups excluding carboxylic acids is 2. The molecule has 3 rings (SSSR count). The van der Waals surface area contributed by atoms with Crippen LogP contribution in [0.4, 0.5) is 22.4 Å². The van der Waals surface area contributed by atoms with Crippen molar-refractivity contribution in [2.45, 2.75) is 108 Å². The van der Waals surface area contributed by atoms with E-state index in [9.17, 15) is 37.1 Å². The van der Waals surface area contributed by atoms with Gasteiger partial charge in [-0.2, -0.15) is 13.2 Å². The first-order chi connectivity index (χ1) is 17.0. The van der Waals surface area contributed by atoms with Crippen molar-refractivity contribution >= 4 is 26.2 Å². The summed E-state index contributed by atoms with van der Waals surface area (Å²) in [6.45, 7) is 13.7. The van der Waals surface area contributed by atoms with Crippen molar-refractivity contribution in [1.29, 1.82) is 0 Å². The number of carboxylic acid groups (broad SMARTS) is 1. The number of piperazine rings is 1. The number of alkyl halides is 4. The summed E-state index contributed by atoms with van der Waals surface area (Å²) in [5, 5.41) is 9.73. The van der Waals surface area contributed by atoms with Gasteiger partial charge in [-0.1, -0.05) is 41.5 Å².